The molecule has 0 aromatic heterocycles. The lowest BCUT2D eigenvalue weighted by atomic mass is 9.97. The highest BCUT2D eigenvalue weighted by Crippen LogP contribution is 2.21. The molecule has 5 nitrogen and oxygen atoms in total. The predicted octanol–water partition coefficient (Wildman–Crippen LogP) is 2.62. The number of Topliss-reactive ketones (excluding diaryl/α,β-unsaturated/α-hetero) is 1. The number of carboxylic acids is 1. The fourth-order valence-corrected chi connectivity index (χ4v) is 2.71. The smallest absolute Gasteiger partial charge is 0.307 e. The molecule has 1 N–H and O–H groups in total. The molecule has 0 bridgehead atoms. The van der Waals surface area contributed by atoms with E-state index >= 15 is 0 Å². The van der Waals surface area contributed by atoms with Crippen LogP contribution in [-0.4, -0.2) is 48.0 Å². The molecule has 1 saturated heterocycles. The van der Waals surface area contributed by atoms with Gasteiger partial charge in [-0.05, 0) is 44.0 Å². The summed E-state index contributed by atoms with van der Waals surface area (Å²) in [6, 6.07) is 7.14. The van der Waals surface area contributed by atoms with Crippen molar-refractivity contribution < 1.29 is 19.4 Å². The van der Waals surface area contributed by atoms with Crippen molar-refractivity contribution in [2.75, 3.05) is 26.2 Å². The van der Waals surface area contributed by atoms with Crippen molar-refractivity contribution in [2.45, 2.75) is 19.8 Å². The molecule has 1 heterocycles. The number of likely N-dealkylation sites (tertiary alicyclic amines) is 1. The number of carboxylic acid groups (broad SMARTS) is 1. The molecule has 0 aliphatic carbocycles. The fraction of sp³-hybridized carbons (Fsp3) is 0.444. The minimum absolute atomic E-state index is 0.0478. The zero-order valence-electron chi connectivity index (χ0n) is 13.5. The summed E-state index contributed by atoms with van der Waals surface area (Å²) in [6.45, 7) is 7.42. The first kappa shape index (κ1) is 17.2. The number of para-hydroxylation sites is 1. The first-order valence-corrected chi connectivity index (χ1v) is 7.82. The Bertz CT molecular complexity index is 596. The van der Waals surface area contributed by atoms with E-state index in [9.17, 15) is 9.59 Å². The molecule has 1 unspecified atom stereocenters. The molecule has 0 radical (unpaired) electrons. The maximum atomic E-state index is 12.6. The van der Waals surface area contributed by atoms with Gasteiger partial charge in [-0.3, -0.25) is 14.5 Å². The third-order valence-corrected chi connectivity index (χ3v) is 3.88. The average molecular weight is 317 g/mol. The largest absolute Gasteiger partial charge is 0.489 e. The van der Waals surface area contributed by atoms with Crippen molar-refractivity contribution in [3.05, 3.63) is 42.0 Å². The van der Waals surface area contributed by atoms with Crippen molar-refractivity contribution in [1.29, 1.82) is 0 Å². The Morgan fingerprint density at radius 2 is 2.13 bits per heavy atom. The normalized spacial score (nSPS) is 18.4. The number of ketones is 1. The van der Waals surface area contributed by atoms with Gasteiger partial charge < -0.3 is 9.84 Å². The van der Waals surface area contributed by atoms with Crippen LogP contribution < -0.4 is 4.74 Å². The highest BCUT2D eigenvalue weighted by Gasteiger charge is 2.27. The topological polar surface area (TPSA) is 66.8 Å². The van der Waals surface area contributed by atoms with Gasteiger partial charge in [-0.25, -0.2) is 0 Å². The Hall–Kier alpha value is -2.14. The monoisotopic (exact) mass is 317 g/mol. The van der Waals surface area contributed by atoms with E-state index in [2.05, 4.69) is 6.58 Å². The molecule has 1 aliphatic rings. The second kappa shape index (κ2) is 7.92. The summed E-state index contributed by atoms with van der Waals surface area (Å²) in [5.74, 6) is -0.667. The molecular weight excluding hydrogens is 294 g/mol. The van der Waals surface area contributed by atoms with E-state index in [-0.39, 0.29) is 18.2 Å². The Morgan fingerprint density at radius 3 is 2.83 bits per heavy atom. The van der Waals surface area contributed by atoms with Crippen LogP contribution in [0.2, 0.25) is 0 Å². The maximum Gasteiger partial charge on any atom is 0.307 e. The molecule has 5 heteroatoms. The number of carbonyl (C=O) groups is 2. The second-order valence-electron chi connectivity index (χ2n) is 6.08. The van der Waals surface area contributed by atoms with E-state index in [0.29, 0.717) is 30.9 Å². The minimum Gasteiger partial charge on any atom is -0.489 e. The first-order valence-electron chi connectivity index (χ1n) is 7.82. The van der Waals surface area contributed by atoms with Gasteiger partial charge in [-0.15, -0.1) is 0 Å². The summed E-state index contributed by atoms with van der Waals surface area (Å²) in [6.07, 6.45) is 1.48. The zero-order valence-corrected chi connectivity index (χ0v) is 13.5. The van der Waals surface area contributed by atoms with Crippen molar-refractivity contribution >= 4 is 11.8 Å². The Morgan fingerprint density at radius 1 is 1.39 bits per heavy atom. The number of rotatable bonds is 7. The average Bonchev–Trinajstić information content (AvgIpc) is 2.53. The number of benzene rings is 1. The summed E-state index contributed by atoms with van der Waals surface area (Å²) >= 11 is 0. The van der Waals surface area contributed by atoms with Gasteiger partial charge in [-0.1, -0.05) is 18.7 Å². The van der Waals surface area contributed by atoms with Gasteiger partial charge in [0.05, 0.1) is 18.0 Å². The number of ether oxygens (including phenoxy) is 1. The number of hydrogen-bond acceptors (Lipinski definition) is 4. The summed E-state index contributed by atoms with van der Waals surface area (Å²) < 4.78 is 5.64. The van der Waals surface area contributed by atoms with Crippen molar-refractivity contribution in [2.24, 2.45) is 5.92 Å². The van der Waals surface area contributed by atoms with Crippen LogP contribution in [0.4, 0.5) is 0 Å². The molecule has 1 aromatic carbocycles. The zero-order chi connectivity index (χ0) is 16.8. The van der Waals surface area contributed by atoms with E-state index < -0.39 is 5.97 Å². The van der Waals surface area contributed by atoms with Crippen molar-refractivity contribution in [3.63, 3.8) is 0 Å². The van der Waals surface area contributed by atoms with Crippen LogP contribution in [-0.2, 0) is 4.79 Å². The fourth-order valence-electron chi connectivity index (χ4n) is 2.71. The van der Waals surface area contributed by atoms with E-state index in [4.69, 9.17) is 9.84 Å². The summed E-state index contributed by atoms with van der Waals surface area (Å²) in [5.41, 5.74) is 1.42. The van der Waals surface area contributed by atoms with Gasteiger partial charge in [0.25, 0.3) is 0 Å². The lowest BCUT2D eigenvalue weighted by Gasteiger charge is -2.30. The summed E-state index contributed by atoms with van der Waals surface area (Å²) in [5, 5.41) is 9.13. The van der Waals surface area contributed by atoms with Gasteiger partial charge in [0, 0.05) is 6.54 Å². The molecule has 1 atom stereocenters. The third kappa shape index (κ3) is 4.93. The van der Waals surface area contributed by atoms with Crippen LogP contribution in [0.5, 0.6) is 5.75 Å². The highest BCUT2D eigenvalue weighted by molar-refractivity contribution is 6.00. The predicted molar refractivity (Wildman–Crippen MR) is 87.9 cm³/mol. The molecule has 23 heavy (non-hydrogen) atoms. The van der Waals surface area contributed by atoms with Gasteiger partial charge in [0.2, 0.25) is 0 Å². The Balaban J connectivity index is 2.03. The van der Waals surface area contributed by atoms with Crippen LogP contribution in [0.15, 0.2) is 36.4 Å². The van der Waals surface area contributed by atoms with Crippen LogP contribution >= 0.6 is 0 Å². The highest BCUT2D eigenvalue weighted by atomic mass is 16.5. The number of hydrogen-bond donors (Lipinski definition) is 1. The van der Waals surface area contributed by atoms with Gasteiger partial charge in [0.15, 0.2) is 5.78 Å². The van der Waals surface area contributed by atoms with Gasteiger partial charge in [-0.2, -0.15) is 0 Å². The van der Waals surface area contributed by atoms with Crippen LogP contribution in [0, 0.1) is 5.92 Å². The molecule has 1 aliphatic heterocycles. The van der Waals surface area contributed by atoms with Gasteiger partial charge in [0.1, 0.15) is 12.4 Å². The summed E-state index contributed by atoms with van der Waals surface area (Å²) in [4.78, 5) is 25.6. The Labute approximate surface area is 136 Å². The molecule has 1 aromatic rings. The number of carbonyl (C=O) groups excluding carboxylic acids is 1. The van der Waals surface area contributed by atoms with E-state index in [1.54, 1.807) is 18.2 Å². The lowest BCUT2D eigenvalue weighted by Crippen LogP contribution is -2.41. The molecule has 124 valence electrons. The third-order valence-electron chi connectivity index (χ3n) is 3.88. The van der Waals surface area contributed by atoms with E-state index in [0.717, 1.165) is 18.5 Å². The first-order chi connectivity index (χ1) is 11.0. The van der Waals surface area contributed by atoms with Crippen molar-refractivity contribution in [1.82, 2.24) is 4.90 Å². The summed E-state index contributed by atoms with van der Waals surface area (Å²) in [7, 11) is 0. The number of nitrogens with zero attached hydrogens (tertiary/aromatic N) is 1. The van der Waals surface area contributed by atoms with Crippen molar-refractivity contribution in [3.8, 4) is 5.75 Å². The molecule has 1 fully saturated rings. The maximum absolute atomic E-state index is 12.6. The van der Waals surface area contributed by atoms with Gasteiger partial charge >= 0.3 is 5.97 Å². The van der Waals surface area contributed by atoms with Crippen LogP contribution in [0.3, 0.4) is 0 Å². The molecule has 0 saturated carbocycles. The Kier molecular flexibility index (Phi) is 5.93. The van der Waals surface area contributed by atoms with E-state index in [1.165, 1.54) is 0 Å². The molecule has 2 rings (SSSR count). The van der Waals surface area contributed by atoms with Crippen LogP contribution in [0.1, 0.15) is 30.1 Å². The molecular formula is C18H23NO4. The minimum atomic E-state index is -0.785. The second-order valence-corrected chi connectivity index (χ2v) is 6.08. The number of piperidine rings is 1. The van der Waals surface area contributed by atoms with Crippen LogP contribution in [0.25, 0.3) is 0 Å². The molecule has 0 spiro atoms. The molecule has 0 amide bonds. The standard InChI is InChI=1S/C18H23NO4/c1-13(2)12-23-17-8-4-3-7-15(17)16(20)11-19-9-5-6-14(10-19)18(21)22/h3-4,7-8,14H,1,5-6,9-12H2,2H3,(H,21,22). The quantitative estimate of drug-likeness (QED) is 0.618. The van der Waals surface area contributed by atoms with E-state index in [1.807, 2.05) is 17.9 Å². The number of aliphatic carboxylic acids is 1. The lowest BCUT2D eigenvalue weighted by molar-refractivity contribution is -0.143. The SMILES string of the molecule is C=C(C)COc1ccccc1C(=O)CN1CCCC(C(=O)O)C1.